The zero-order valence-corrected chi connectivity index (χ0v) is 13.9. The van der Waals surface area contributed by atoms with Gasteiger partial charge in [-0.25, -0.2) is 0 Å². The molecular formula is C18H31N3. The Balaban J connectivity index is 1.88. The van der Waals surface area contributed by atoms with E-state index in [0.717, 1.165) is 24.6 Å². The number of aromatic nitrogens is 1. The van der Waals surface area contributed by atoms with Gasteiger partial charge in [0.2, 0.25) is 0 Å². The van der Waals surface area contributed by atoms with Crippen molar-refractivity contribution in [1.29, 1.82) is 0 Å². The van der Waals surface area contributed by atoms with E-state index < -0.39 is 0 Å². The summed E-state index contributed by atoms with van der Waals surface area (Å²) in [7, 11) is 0. The van der Waals surface area contributed by atoms with E-state index in [-0.39, 0.29) is 0 Å². The van der Waals surface area contributed by atoms with Gasteiger partial charge in [-0.15, -0.1) is 0 Å². The molecule has 0 aromatic carbocycles. The molecule has 2 heterocycles. The van der Waals surface area contributed by atoms with Crippen molar-refractivity contribution in [2.75, 3.05) is 24.5 Å². The average molecular weight is 289 g/mol. The fourth-order valence-electron chi connectivity index (χ4n) is 3.19. The molecule has 2 rings (SSSR count). The van der Waals surface area contributed by atoms with Crippen molar-refractivity contribution in [3.63, 3.8) is 0 Å². The van der Waals surface area contributed by atoms with Gasteiger partial charge in [-0.3, -0.25) is 4.98 Å². The number of nitrogens with zero attached hydrogens (tertiary/aromatic N) is 2. The molecule has 1 fully saturated rings. The van der Waals surface area contributed by atoms with Crippen molar-refractivity contribution in [3.8, 4) is 0 Å². The third kappa shape index (κ3) is 4.70. The molecule has 21 heavy (non-hydrogen) atoms. The van der Waals surface area contributed by atoms with Crippen LogP contribution in [-0.4, -0.2) is 24.6 Å². The van der Waals surface area contributed by atoms with E-state index in [9.17, 15) is 0 Å². The smallest absolute Gasteiger partial charge is 0.0572 e. The van der Waals surface area contributed by atoms with Gasteiger partial charge in [0, 0.05) is 19.1 Å². The summed E-state index contributed by atoms with van der Waals surface area (Å²) in [5, 5.41) is 3.49. The van der Waals surface area contributed by atoms with E-state index in [1.165, 1.54) is 44.5 Å². The maximum atomic E-state index is 4.66. The van der Waals surface area contributed by atoms with Crippen LogP contribution in [0.15, 0.2) is 18.3 Å². The Morgan fingerprint density at radius 3 is 2.57 bits per heavy atom. The summed E-state index contributed by atoms with van der Waals surface area (Å²) in [6.45, 7) is 10.1. The first kappa shape index (κ1) is 16.3. The molecule has 1 saturated heterocycles. The van der Waals surface area contributed by atoms with E-state index in [1.54, 1.807) is 0 Å². The largest absolute Gasteiger partial charge is 0.370 e. The summed E-state index contributed by atoms with van der Waals surface area (Å²) < 4.78 is 0. The summed E-state index contributed by atoms with van der Waals surface area (Å²) in [6, 6.07) is 4.77. The second-order valence-electron chi connectivity index (χ2n) is 6.34. The Hall–Kier alpha value is -1.09. The lowest BCUT2D eigenvalue weighted by molar-refractivity contribution is 0.378. The number of hydrogen-bond acceptors (Lipinski definition) is 3. The molecule has 0 amide bonds. The highest BCUT2D eigenvalue weighted by atomic mass is 15.1. The molecule has 0 spiro atoms. The predicted molar refractivity (Wildman–Crippen MR) is 90.8 cm³/mol. The fraction of sp³-hybridized carbons (Fsp3) is 0.722. The molecule has 1 aliphatic heterocycles. The van der Waals surface area contributed by atoms with Gasteiger partial charge in [0.25, 0.3) is 0 Å². The Kier molecular flexibility index (Phi) is 6.50. The molecule has 0 aliphatic carbocycles. The topological polar surface area (TPSA) is 28.2 Å². The molecule has 1 unspecified atom stereocenters. The van der Waals surface area contributed by atoms with Crippen LogP contribution in [0.5, 0.6) is 0 Å². The van der Waals surface area contributed by atoms with Crippen molar-refractivity contribution in [1.82, 2.24) is 10.3 Å². The van der Waals surface area contributed by atoms with Crippen molar-refractivity contribution in [2.45, 2.75) is 58.9 Å². The third-order valence-corrected chi connectivity index (χ3v) is 4.59. The van der Waals surface area contributed by atoms with Crippen molar-refractivity contribution in [2.24, 2.45) is 5.92 Å². The van der Waals surface area contributed by atoms with Crippen LogP contribution in [-0.2, 0) is 0 Å². The molecule has 3 heteroatoms. The van der Waals surface area contributed by atoms with Gasteiger partial charge in [0.1, 0.15) is 0 Å². The Labute approximate surface area is 130 Å². The first-order chi connectivity index (χ1) is 10.2. The zero-order chi connectivity index (χ0) is 15.1. The molecule has 0 radical (unpaired) electrons. The minimum absolute atomic E-state index is 0.342. The van der Waals surface area contributed by atoms with Gasteiger partial charge >= 0.3 is 0 Å². The van der Waals surface area contributed by atoms with E-state index in [2.05, 4.69) is 54.3 Å². The normalized spacial score (nSPS) is 18.0. The van der Waals surface area contributed by atoms with Crippen molar-refractivity contribution >= 4 is 5.69 Å². The Bertz CT molecular complexity index is 393. The number of anilines is 1. The second kappa shape index (κ2) is 8.38. The lowest BCUT2D eigenvalue weighted by atomic mass is 9.92. The van der Waals surface area contributed by atoms with Gasteiger partial charge in [0.15, 0.2) is 0 Å². The maximum Gasteiger partial charge on any atom is 0.0572 e. The summed E-state index contributed by atoms with van der Waals surface area (Å²) in [5.41, 5.74) is 2.43. The second-order valence-corrected chi connectivity index (χ2v) is 6.34. The minimum Gasteiger partial charge on any atom is -0.370 e. The van der Waals surface area contributed by atoms with Crippen LogP contribution in [0.4, 0.5) is 5.69 Å². The van der Waals surface area contributed by atoms with Crippen molar-refractivity contribution in [3.05, 3.63) is 24.0 Å². The van der Waals surface area contributed by atoms with Gasteiger partial charge in [-0.05, 0) is 50.8 Å². The molecule has 0 saturated carbocycles. The number of piperidine rings is 1. The average Bonchev–Trinajstić information content (AvgIpc) is 2.54. The summed E-state index contributed by atoms with van der Waals surface area (Å²) >= 11 is 0. The lowest BCUT2D eigenvalue weighted by Crippen LogP contribution is -2.33. The van der Waals surface area contributed by atoms with Gasteiger partial charge < -0.3 is 10.2 Å². The molecular weight excluding hydrogens is 258 g/mol. The Morgan fingerprint density at radius 1 is 1.24 bits per heavy atom. The van der Waals surface area contributed by atoms with Crippen LogP contribution in [0, 0.1) is 5.92 Å². The van der Waals surface area contributed by atoms with Gasteiger partial charge in [0.05, 0.1) is 17.6 Å². The summed E-state index contributed by atoms with van der Waals surface area (Å²) in [6.07, 6.45) is 8.61. The van der Waals surface area contributed by atoms with Crippen LogP contribution in [0.3, 0.4) is 0 Å². The van der Waals surface area contributed by atoms with E-state index >= 15 is 0 Å². The highest BCUT2D eigenvalue weighted by molar-refractivity contribution is 5.45. The molecule has 1 aromatic heterocycles. The van der Waals surface area contributed by atoms with E-state index in [4.69, 9.17) is 0 Å². The van der Waals surface area contributed by atoms with E-state index in [0.29, 0.717) is 6.04 Å². The number of nitrogens with one attached hydrogen (secondary N) is 1. The monoisotopic (exact) mass is 289 g/mol. The highest BCUT2D eigenvalue weighted by Crippen LogP contribution is 2.26. The third-order valence-electron chi connectivity index (χ3n) is 4.59. The molecule has 0 bridgehead atoms. The standard InChI is InChI=1S/C18H31N3/c1-4-6-16-9-12-21(13-10-16)17-7-8-18(20-14-17)15(3)19-11-5-2/h7-8,14-16,19H,4-6,9-13H2,1-3H3. The van der Waals surface area contributed by atoms with Crippen LogP contribution >= 0.6 is 0 Å². The van der Waals surface area contributed by atoms with Crippen molar-refractivity contribution < 1.29 is 0 Å². The zero-order valence-electron chi connectivity index (χ0n) is 13.9. The van der Waals surface area contributed by atoms with Crippen LogP contribution in [0.1, 0.15) is 64.6 Å². The molecule has 1 aromatic rings. The number of hydrogen-bond donors (Lipinski definition) is 1. The van der Waals surface area contributed by atoms with Crippen LogP contribution in [0.2, 0.25) is 0 Å². The van der Waals surface area contributed by atoms with Crippen LogP contribution in [0.25, 0.3) is 0 Å². The number of rotatable bonds is 7. The quantitative estimate of drug-likeness (QED) is 0.817. The van der Waals surface area contributed by atoms with Gasteiger partial charge in [-0.1, -0.05) is 26.7 Å². The van der Waals surface area contributed by atoms with Gasteiger partial charge in [-0.2, -0.15) is 0 Å². The maximum absolute atomic E-state index is 4.66. The Morgan fingerprint density at radius 2 is 2.00 bits per heavy atom. The first-order valence-electron chi connectivity index (χ1n) is 8.68. The fourth-order valence-corrected chi connectivity index (χ4v) is 3.19. The van der Waals surface area contributed by atoms with Crippen LogP contribution < -0.4 is 10.2 Å². The van der Waals surface area contributed by atoms with E-state index in [1.807, 2.05) is 0 Å². The number of pyridine rings is 1. The highest BCUT2D eigenvalue weighted by Gasteiger charge is 2.19. The predicted octanol–water partition coefficient (Wildman–Crippen LogP) is 4.16. The molecule has 118 valence electrons. The molecule has 1 atom stereocenters. The SMILES string of the molecule is CCCNC(C)c1ccc(N2CCC(CCC)CC2)cn1. The summed E-state index contributed by atoms with van der Waals surface area (Å²) in [4.78, 5) is 7.15. The minimum atomic E-state index is 0.342. The summed E-state index contributed by atoms with van der Waals surface area (Å²) in [5.74, 6) is 0.941. The molecule has 1 aliphatic rings. The lowest BCUT2D eigenvalue weighted by Gasteiger charge is -2.33. The molecule has 3 nitrogen and oxygen atoms in total. The first-order valence-corrected chi connectivity index (χ1v) is 8.68. The molecule has 1 N–H and O–H groups in total.